The van der Waals surface area contributed by atoms with Crippen LogP contribution in [0.25, 0.3) is 0 Å². The van der Waals surface area contributed by atoms with E-state index in [1.807, 2.05) is 0 Å². The molecule has 0 aromatic heterocycles. The average molecular weight is 278 g/mol. The second-order valence-electron chi connectivity index (χ2n) is 4.96. The van der Waals surface area contributed by atoms with Gasteiger partial charge in [-0.1, -0.05) is 43.4 Å². The Bertz CT molecular complexity index is 246. The first-order chi connectivity index (χ1) is 5.41. The molecule has 0 spiro atoms. The molecule has 0 saturated heterocycles. The zero-order chi connectivity index (χ0) is 9.15. The van der Waals surface area contributed by atoms with Gasteiger partial charge < -0.3 is 0 Å². The zero-order valence-electron chi connectivity index (χ0n) is 7.86. The van der Waals surface area contributed by atoms with E-state index in [4.69, 9.17) is 0 Å². The van der Waals surface area contributed by atoms with Gasteiger partial charge in [0.2, 0.25) is 0 Å². The second-order valence-corrected chi connectivity index (χ2v) is 6.31. The normalized spacial score (nSPS) is 50.2. The Morgan fingerprint density at radius 3 is 2.25 bits per heavy atom. The topological polar surface area (TPSA) is 17.1 Å². The predicted octanol–water partition coefficient (Wildman–Crippen LogP) is 2.82. The van der Waals surface area contributed by atoms with Gasteiger partial charge in [-0.05, 0) is 24.2 Å². The van der Waals surface area contributed by atoms with E-state index in [2.05, 4.69) is 43.4 Å². The van der Waals surface area contributed by atoms with E-state index in [9.17, 15) is 4.79 Å². The minimum Gasteiger partial charge on any atom is -0.298 e. The number of hydrogen-bond donors (Lipinski definition) is 0. The van der Waals surface area contributed by atoms with Crippen LogP contribution in [-0.4, -0.2) is 9.71 Å². The first-order valence-electron chi connectivity index (χ1n) is 4.59. The van der Waals surface area contributed by atoms with E-state index in [-0.39, 0.29) is 14.8 Å². The molecule has 2 heteroatoms. The highest BCUT2D eigenvalue weighted by atomic mass is 127. The fraction of sp³-hybridized carbons (Fsp3) is 0.900. The highest BCUT2D eigenvalue weighted by molar-refractivity contribution is 14.1. The number of alkyl halides is 1. The highest BCUT2D eigenvalue weighted by Gasteiger charge is 2.65. The lowest BCUT2D eigenvalue weighted by atomic mass is 9.70. The summed E-state index contributed by atoms with van der Waals surface area (Å²) in [5, 5.41) is 0. The number of Topliss-reactive ketones (excluding diaryl/α,β-unsaturated/α-hetero) is 1. The molecule has 0 unspecified atom stereocenters. The summed E-state index contributed by atoms with van der Waals surface area (Å²) >= 11 is 2.34. The monoisotopic (exact) mass is 278 g/mol. The van der Waals surface area contributed by atoms with Crippen molar-refractivity contribution < 1.29 is 4.79 Å². The zero-order valence-corrected chi connectivity index (χ0v) is 10.0. The van der Waals surface area contributed by atoms with Crippen LogP contribution in [0.1, 0.15) is 33.6 Å². The van der Waals surface area contributed by atoms with Crippen LogP contribution in [0.2, 0.25) is 0 Å². The molecule has 2 rings (SSSR count). The van der Waals surface area contributed by atoms with Crippen LogP contribution in [0, 0.1) is 16.7 Å². The van der Waals surface area contributed by atoms with Crippen LogP contribution in [0.15, 0.2) is 0 Å². The maximum Gasteiger partial charge on any atom is 0.152 e. The van der Waals surface area contributed by atoms with Crippen LogP contribution in [0.3, 0.4) is 0 Å². The van der Waals surface area contributed by atoms with Gasteiger partial charge in [-0.15, -0.1) is 0 Å². The van der Waals surface area contributed by atoms with Crippen molar-refractivity contribution in [3.05, 3.63) is 0 Å². The van der Waals surface area contributed by atoms with Crippen LogP contribution in [0.4, 0.5) is 0 Å². The predicted molar refractivity (Wildman–Crippen MR) is 57.4 cm³/mol. The lowest BCUT2D eigenvalue weighted by molar-refractivity contribution is -0.127. The van der Waals surface area contributed by atoms with Gasteiger partial charge in [0.25, 0.3) is 0 Å². The summed E-state index contributed by atoms with van der Waals surface area (Å²) in [7, 11) is 0. The van der Waals surface area contributed by atoms with Crippen molar-refractivity contribution in [1.29, 1.82) is 0 Å². The number of hydrogen-bond acceptors (Lipinski definition) is 1. The van der Waals surface area contributed by atoms with Crippen molar-refractivity contribution in [2.45, 2.75) is 37.5 Å². The molecule has 12 heavy (non-hydrogen) atoms. The second kappa shape index (κ2) is 2.25. The quantitative estimate of drug-likeness (QED) is 0.492. The van der Waals surface area contributed by atoms with Gasteiger partial charge in [0.15, 0.2) is 5.78 Å². The van der Waals surface area contributed by atoms with Crippen molar-refractivity contribution in [3.63, 3.8) is 0 Å². The largest absolute Gasteiger partial charge is 0.298 e. The Balaban J connectivity index is 2.50. The fourth-order valence-electron chi connectivity index (χ4n) is 2.98. The molecule has 0 N–H and O–H groups in total. The molecular formula is C10H15IO. The van der Waals surface area contributed by atoms with E-state index in [1.54, 1.807) is 0 Å². The Morgan fingerprint density at radius 2 is 2.00 bits per heavy atom. The third kappa shape index (κ3) is 0.733. The van der Waals surface area contributed by atoms with E-state index < -0.39 is 0 Å². The van der Waals surface area contributed by atoms with Crippen LogP contribution >= 0.6 is 22.6 Å². The molecular weight excluding hydrogens is 263 g/mol. The Kier molecular flexibility index (Phi) is 1.68. The van der Waals surface area contributed by atoms with E-state index in [1.165, 1.54) is 6.42 Å². The molecule has 0 amide bonds. The van der Waals surface area contributed by atoms with Gasteiger partial charge in [0.1, 0.15) is 0 Å². The van der Waals surface area contributed by atoms with Gasteiger partial charge in [0.05, 0.1) is 3.92 Å². The van der Waals surface area contributed by atoms with Gasteiger partial charge in [-0.2, -0.15) is 0 Å². The number of carbonyl (C=O) groups is 1. The summed E-state index contributed by atoms with van der Waals surface area (Å²) in [4.78, 5) is 11.9. The van der Waals surface area contributed by atoms with Gasteiger partial charge in [0, 0.05) is 5.41 Å². The Morgan fingerprint density at radius 1 is 1.42 bits per heavy atom. The lowest BCUT2D eigenvalue weighted by Gasteiger charge is -2.32. The number of carbonyl (C=O) groups excluding carboxylic acids is 1. The third-order valence-corrected chi connectivity index (χ3v) is 5.89. The summed E-state index contributed by atoms with van der Waals surface area (Å²) in [5.74, 6) is 1.14. The molecule has 1 nitrogen and oxygen atoms in total. The summed E-state index contributed by atoms with van der Waals surface area (Å²) in [6.45, 7) is 6.69. The first kappa shape index (κ1) is 8.97. The summed E-state index contributed by atoms with van der Waals surface area (Å²) < 4.78 is 0.288. The molecule has 0 radical (unpaired) electrons. The Hall–Kier alpha value is 0.400. The molecule has 0 heterocycles. The minimum atomic E-state index is -0.0104. The molecule has 68 valence electrons. The van der Waals surface area contributed by atoms with Crippen LogP contribution in [0.5, 0.6) is 0 Å². The average Bonchev–Trinajstić information content (AvgIpc) is 2.26. The van der Waals surface area contributed by atoms with Crippen molar-refractivity contribution in [1.82, 2.24) is 0 Å². The molecule has 2 bridgehead atoms. The van der Waals surface area contributed by atoms with Gasteiger partial charge in [-0.3, -0.25) is 4.79 Å². The Labute approximate surface area is 87.4 Å². The highest BCUT2D eigenvalue weighted by Crippen LogP contribution is 2.65. The SMILES string of the molecule is CC1(C)[C@H]2CC[C@]1(C)C(=O)[C@H]2I. The molecule has 0 aromatic carbocycles. The van der Waals surface area contributed by atoms with Crippen molar-refractivity contribution in [3.8, 4) is 0 Å². The van der Waals surface area contributed by atoms with Gasteiger partial charge in [-0.25, -0.2) is 0 Å². The smallest absolute Gasteiger partial charge is 0.152 e. The van der Waals surface area contributed by atoms with Gasteiger partial charge >= 0.3 is 0 Å². The molecule has 2 aliphatic rings. The summed E-state index contributed by atoms with van der Waals surface area (Å²) in [6, 6.07) is 0. The number of ketones is 1. The summed E-state index contributed by atoms with van der Waals surface area (Å²) in [5.41, 5.74) is 0.236. The fourth-order valence-corrected chi connectivity index (χ4v) is 4.92. The van der Waals surface area contributed by atoms with E-state index in [0.29, 0.717) is 11.7 Å². The van der Waals surface area contributed by atoms with Crippen molar-refractivity contribution >= 4 is 28.4 Å². The van der Waals surface area contributed by atoms with Crippen molar-refractivity contribution in [2.24, 2.45) is 16.7 Å². The number of rotatable bonds is 0. The first-order valence-corrected chi connectivity index (χ1v) is 5.84. The third-order valence-electron chi connectivity index (χ3n) is 4.45. The van der Waals surface area contributed by atoms with Crippen molar-refractivity contribution in [2.75, 3.05) is 0 Å². The van der Waals surface area contributed by atoms with E-state index in [0.717, 1.165) is 6.42 Å². The maximum atomic E-state index is 11.9. The lowest BCUT2D eigenvalue weighted by Crippen LogP contribution is -2.33. The molecule has 2 aliphatic carbocycles. The molecule has 2 fully saturated rings. The van der Waals surface area contributed by atoms with Crippen LogP contribution < -0.4 is 0 Å². The number of fused-ring (bicyclic) bond motifs is 2. The van der Waals surface area contributed by atoms with Crippen LogP contribution in [-0.2, 0) is 4.79 Å². The molecule has 0 aliphatic heterocycles. The standard InChI is InChI=1S/C10H15IO/c1-9(2)6-4-5-10(9,3)8(12)7(6)11/h6-7H,4-5H2,1-3H3/t6-,7-,10+/m0/s1. The summed E-state index contributed by atoms with van der Waals surface area (Å²) in [6.07, 6.45) is 2.37. The van der Waals surface area contributed by atoms with E-state index >= 15 is 0 Å². The number of halogens is 1. The maximum absolute atomic E-state index is 11.9. The minimum absolute atomic E-state index is 0.0104. The molecule has 0 aromatic rings. The molecule has 3 atom stereocenters. The molecule has 2 saturated carbocycles.